The van der Waals surface area contributed by atoms with Gasteiger partial charge in [-0.1, -0.05) is 30.3 Å². The lowest BCUT2D eigenvalue weighted by atomic mass is 10.0. The predicted molar refractivity (Wildman–Crippen MR) is 118 cm³/mol. The summed E-state index contributed by atoms with van der Waals surface area (Å²) in [6.07, 6.45) is 3.38. The van der Waals surface area contributed by atoms with Crippen molar-refractivity contribution in [3.8, 4) is 11.1 Å². The lowest BCUT2D eigenvalue weighted by Crippen LogP contribution is -2.46. The second-order valence-corrected chi connectivity index (χ2v) is 10.4. The number of anilines is 1. The van der Waals surface area contributed by atoms with Crippen molar-refractivity contribution in [1.82, 2.24) is 25.1 Å². The van der Waals surface area contributed by atoms with Crippen LogP contribution in [0.25, 0.3) is 11.1 Å². The average molecular weight is 431 g/mol. The SMILES string of the molecule is CC1NNC(C)C1S(=O)(=O)N1CCCC1c1nc(N(C)C)ncc1-c1ccccc1. The fraction of sp³-hybridized carbons (Fsp3) is 0.524. The average Bonchev–Trinajstić information content (AvgIpc) is 3.35. The summed E-state index contributed by atoms with van der Waals surface area (Å²) in [6, 6.07) is 9.31. The van der Waals surface area contributed by atoms with Crippen LogP contribution < -0.4 is 15.8 Å². The Morgan fingerprint density at radius 2 is 1.77 bits per heavy atom. The molecule has 0 saturated carbocycles. The van der Waals surface area contributed by atoms with Gasteiger partial charge in [0, 0.05) is 44.5 Å². The van der Waals surface area contributed by atoms with Gasteiger partial charge >= 0.3 is 0 Å². The lowest BCUT2D eigenvalue weighted by Gasteiger charge is -2.30. The molecular weight excluding hydrogens is 400 g/mol. The van der Waals surface area contributed by atoms with Gasteiger partial charge < -0.3 is 4.90 Å². The van der Waals surface area contributed by atoms with E-state index >= 15 is 0 Å². The van der Waals surface area contributed by atoms with Crippen molar-refractivity contribution < 1.29 is 8.42 Å². The van der Waals surface area contributed by atoms with Crippen LogP contribution in [0, 0.1) is 0 Å². The molecule has 0 radical (unpaired) electrons. The Labute approximate surface area is 178 Å². The molecule has 2 N–H and O–H groups in total. The smallest absolute Gasteiger partial charge is 0.225 e. The van der Waals surface area contributed by atoms with E-state index in [2.05, 4.69) is 15.8 Å². The van der Waals surface area contributed by atoms with E-state index in [-0.39, 0.29) is 18.1 Å². The minimum Gasteiger partial charge on any atom is -0.347 e. The van der Waals surface area contributed by atoms with Crippen molar-refractivity contribution in [1.29, 1.82) is 0 Å². The number of benzene rings is 1. The molecule has 0 amide bonds. The van der Waals surface area contributed by atoms with Crippen LogP contribution in [-0.2, 0) is 10.0 Å². The van der Waals surface area contributed by atoms with E-state index < -0.39 is 15.3 Å². The summed E-state index contributed by atoms with van der Waals surface area (Å²) < 4.78 is 29.1. The summed E-state index contributed by atoms with van der Waals surface area (Å²) in [6.45, 7) is 4.33. The summed E-state index contributed by atoms with van der Waals surface area (Å²) in [5.41, 5.74) is 8.81. The minimum atomic E-state index is -3.53. The summed E-state index contributed by atoms with van der Waals surface area (Å²) in [5, 5.41) is -0.520. The Balaban J connectivity index is 1.79. The number of nitrogens with zero attached hydrogens (tertiary/aromatic N) is 4. The van der Waals surface area contributed by atoms with E-state index in [0.29, 0.717) is 12.5 Å². The third kappa shape index (κ3) is 3.71. The Morgan fingerprint density at radius 1 is 1.10 bits per heavy atom. The van der Waals surface area contributed by atoms with E-state index in [1.54, 1.807) is 4.31 Å². The van der Waals surface area contributed by atoms with E-state index in [1.807, 2.05) is 69.4 Å². The van der Waals surface area contributed by atoms with Gasteiger partial charge in [-0.15, -0.1) is 0 Å². The van der Waals surface area contributed by atoms with Gasteiger partial charge in [-0.25, -0.2) is 18.4 Å². The molecule has 4 rings (SSSR count). The van der Waals surface area contributed by atoms with Crippen LogP contribution in [0.3, 0.4) is 0 Å². The number of hydrazine groups is 1. The number of nitrogens with one attached hydrogen (secondary N) is 2. The highest BCUT2D eigenvalue weighted by atomic mass is 32.2. The number of hydrogen-bond donors (Lipinski definition) is 2. The van der Waals surface area contributed by atoms with E-state index in [0.717, 1.165) is 29.7 Å². The van der Waals surface area contributed by atoms with E-state index in [4.69, 9.17) is 4.98 Å². The van der Waals surface area contributed by atoms with Gasteiger partial charge in [0.15, 0.2) is 0 Å². The van der Waals surface area contributed by atoms with Gasteiger partial charge in [0.05, 0.1) is 11.7 Å². The van der Waals surface area contributed by atoms with Crippen molar-refractivity contribution in [3.63, 3.8) is 0 Å². The highest BCUT2D eigenvalue weighted by molar-refractivity contribution is 7.89. The maximum Gasteiger partial charge on any atom is 0.225 e. The Hall–Kier alpha value is -2.07. The van der Waals surface area contributed by atoms with Gasteiger partial charge in [-0.2, -0.15) is 4.31 Å². The van der Waals surface area contributed by atoms with Crippen LogP contribution in [0.1, 0.15) is 38.4 Å². The molecular formula is C21H30N6O2S. The number of rotatable bonds is 5. The highest BCUT2D eigenvalue weighted by Gasteiger charge is 2.47. The molecule has 3 atom stereocenters. The highest BCUT2D eigenvalue weighted by Crippen LogP contribution is 2.40. The third-order valence-electron chi connectivity index (χ3n) is 6.00. The molecule has 0 bridgehead atoms. The maximum absolute atomic E-state index is 13.7. The quantitative estimate of drug-likeness (QED) is 0.749. The van der Waals surface area contributed by atoms with Crippen LogP contribution in [0.4, 0.5) is 5.95 Å². The van der Waals surface area contributed by atoms with Gasteiger partial charge in [0.25, 0.3) is 0 Å². The van der Waals surface area contributed by atoms with Crippen molar-refractivity contribution >= 4 is 16.0 Å². The Kier molecular flexibility index (Phi) is 5.80. The number of hydrogen-bond acceptors (Lipinski definition) is 7. The molecule has 2 saturated heterocycles. The van der Waals surface area contributed by atoms with Gasteiger partial charge in [-0.3, -0.25) is 10.9 Å². The first-order valence-corrected chi connectivity index (χ1v) is 11.9. The fourth-order valence-electron chi connectivity index (χ4n) is 4.55. The molecule has 9 heteroatoms. The normalized spacial score (nSPS) is 27.5. The fourth-order valence-corrected chi connectivity index (χ4v) is 6.97. The monoisotopic (exact) mass is 430 g/mol. The molecule has 1 aromatic heterocycles. The van der Waals surface area contributed by atoms with Crippen LogP contribution in [0.2, 0.25) is 0 Å². The van der Waals surface area contributed by atoms with Gasteiger partial charge in [-0.05, 0) is 32.3 Å². The second kappa shape index (κ2) is 8.22. The topological polar surface area (TPSA) is 90.5 Å². The molecule has 2 aliphatic heterocycles. The van der Waals surface area contributed by atoms with Crippen molar-refractivity contribution in [2.45, 2.75) is 50.1 Å². The standard InChI is InChI=1S/C21H30N6O2S/c1-14-20(15(2)25-24-14)30(28,29)27-12-8-11-18(27)19-17(16-9-6-5-7-10-16)13-22-21(23-19)26(3)4/h5-7,9-10,13-15,18,20,24-25H,8,11-12H2,1-4H3. The Bertz CT molecular complexity index is 988. The van der Waals surface area contributed by atoms with Crippen molar-refractivity contribution in [3.05, 3.63) is 42.2 Å². The molecule has 0 aliphatic carbocycles. The van der Waals surface area contributed by atoms with Crippen LogP contribution >= 0.6 is 0 Å². The first-order chi connectivity index (χ1) is 14.3. The number of sulfonamides is 1. The molecule has 2 aliphatic rings. The first-order valence-electron chi connectivity index (χ1n) is 10.4. The largest absolute Gasteiger partial charge is 0.347 e. The number of aromatic nitrogens is 2. The summed E-state index contributed by atoms with van der Waals surface area (Å²) in [7, 11) is 0.253. The maximum atomic E-state index is 13.7. The molecule has 2 aromatic rings. The third-order valence-corrected chi connectivity index (χ3v) is 8.60. The molecule has 3 unspecified atom stereocenters. The predicted octanol–water partition coefficient (Wildman–Crippen LogP) is 1.93. The summed E-state index contributed by atoms with van der Waals surface area (Å²) in [4.78, 5) is 11.2. The van der Waals surface area contributed by atoms with Crippen LogP contribution in [0.5, 0.6) is 0 Å². The molecule has 0 spiro atoms. The van der Waals surface area contributed by atoms with Gasteiger partial charge in [0.1, 0.15) is 5.25 Å². The Morgan fingerprint density at radius 3 is 2.40 bits per heavy atom. The zero-order chi connectivity index (χ0) is 21.5. The van der Waals surface area contributed by atoms with Crippen molar-refractivity contribution in [2.24, 2.45) is 0 Å². The van der Waals surface area contributed by atoms with Gasteiger partial charge in [0.2, 0.25) is 16.0 Å². The summed E-state index contributed by atoms with van der Waals surface area (Å²) >= 11 is 0. The summed E-state index contributed by atoms with van der Waals surface area (Å²) in [5.74, 6) is 0.583. The van der Waals surface area contributed by atoms with Crippen LogP contribution in [-0.4, -0.2) is 60.7 Å². The minimum absolute atomic E-state index is 0.164. The van der Waals surface area contributed by atoms with Crippen LogP contribution in [0.15, 0.2) is 36.5 Å². The molecule has 162 valence electrons. The zero-order valence-corrected chi connectivity index (χ0v) is 18.7. The van der Waals surface area contributed by atoms with Crippen molar-refractivity contribution in [2.75, 3.05) is 25.5 Å². The lowest BCUT2D eigenvalue weighted by molar-refractivity contribution is 0.379. The van der Waals surface area contributed by atoms with E-state index in [1.165, 1.54) is 0 Å². The molecule has 2 fully saturated rings. The zero-order valence-electron chi connectivity index (χ0n) is 17.9. The van der Waals surface area contributed by atoms with E-state index in [9.17, 15) is 8.42 Å². The second-order valence-electron chi connectivity index (χ2n) is 8.37. The molecule has 3 heterocycles. The molecule has 30 heavy (non-hydrogen) atoms. The molecule has 1 aromatic carbocycles. The first kappa shape index (κ1) is 21.2. The molecule has 8 nitrogen and oxygen atoms in total.